The molecule has 5 heteroatoms. The highest BCUT2D eigenvalue weighted by molar-refractivity contribution is 5.79. The Bertz CT molecular complexity index is 414. The van der Waals surface area contributed by atoms with Crippen LogP contribution in [-0.2, 0) is 6.54 Å². The number of guanidine groups is 1. The van der Waals surface area contributed by atoms with Crippen molar-refractivity contribution in [1.82, 2.24) is 15.6 Å². The topological polar surface area (TPSA) is 52.6 Å². The Labute approximate surface area is 122 Å². The lowest BCUT2D eigenvalue weighted by atomic mass is 10.2. The summed E-state index contributed by atoms with van der Waals surface area (Å²) in [4.78, 5) is 10.5. The first-order valence-corrected chi connectivity index (χ1v) is 7.24. The zero-order valence-electron chi connectivity index (χ0n) is 13.1. The smallest absolute Gasteiger partial charge is 0.191 e. The standard InChI is InChI=1S/C15H27N5/c1-5-6-7-9-18-15(16-2)19-12-13-8-10-17-14(11-13)20(3)4/h8,10-11H,5-7,9,12H2,1-4H3,(H2,16,18,19). The second-order valence-corrected chi connectivity index (χ2v) is 4.98. The minimum Gasteiger partial charge on any atom is -0.363 e. The first-order valence-electron chi connectivity index (χ1n) is 7.24. The van der Waals surface area contributed by atoms with Crippen molar-refractivity contribution in [2.24, 2.45) is 4.99 Å². The predicted molar refractivity (Wildman–Crippen MR) is 86.3 cm³/mol. The molecule has 0 aliphatic rings. The third kappa shape index (κ3) is 5.91. The summed E-state index contributed by atoms with van der Waals surface area (Å²) in [6.45, 7) is 3.92. The lowest BCUT2D eigenvalue weighted by Gasteiger charge is -2.14. The van der Waals surface area contributed by atoms with Crippen molar-refractivity contribution in [3.8, 4) is 0 Å². The van der Waals surface area contributed by atoms with E-state index < -0.39 is 0 Å². The molecular weight excluding hydrogens is 250 g/mol. The lowest BCUT2D eigenvalue weighted by molar-refractivity contribution is 0.682. The summed E-state index contributed by atoms with van der Waals surface area (Å²) in [6, 6.07) is 4.10. The van der Waals surface area contributed by atoms with Crippen LogP contribution in [0.3, 0.4) is 0 Å². The van der Waals surface area contributed by atoms with Crippen LogP contribution in [0.25, 0.3) is 0 Å². The van der Waals surface area contributed by atoms with Crippen LogP contribution in [0, 0.1) is 0 Å². The Kier molecular flexibility index (Phi) is 7.47. The fraction of sp³-hybridized carbons (Fsp3) is 0.600. The van der Waals surface area contributed by atoms with Gasteiger partial charge in [-0.25, -0.2) is 4.98 Å². The zero-order chi connectivity index (χ0) is 14.8. The van der Waals surface area contributed by atoms with Gasteiger partial charge >= 0.3 is 0 Å². The average molecular weight is 277 g/mol. The van der Waals surface area contributed by atoms with E-state index in [2.05, 4.69) is 33.6 Å². The molecule has 1 aromatic rings. The summed E-state index contributed by atoms with van der Waals surface area (Å²) >= 11 is 0. The van der Waals surface area contributed by atoms with Crippen molar-refractivity contribution >= 4 is 11.8 Å². The number of hydrogen-bond donors (Lipinski definition) is 2. The summed E-state index contributed by atoms with van der Waals surface area (Å²) in [5, 5.41) is 6.65. The van der Waals surface area contributed by atoms with Gasteiger partial charge in [-0.1, -0.05) is 19.8 Å². The van der Waals surface area contributed by atoms with Crippen molar-refractivity contribution in [2.45, 2.75) is 32.7 Å². The maximum absolute atomic E-state index is 4.31. The molecule has 0 fully saturated rings. The number of rotatable bonds is 7. The predicted octanol–water partition coefficient (Wildman–Crippen LogP) is 2.00. The van der Waals surface area contributed by atoms with Gasteiger partial charge in [0.25, 0.3) is 0 Å². The van der Waals surface area contributed by atoms with E-state index >= 15 is 0 Å². The molecule has 0 amide bonds. The monoisotopic (exact) mass is 277 g/mol. The van der Waals surface area contributed by atoms with Crippen LogP contribution < -0.4 is 15.5 Å². The SMILES string of the molecule is CCCCCNC(=NC)NCc1ccnc(N(C)C)c1. The number of aliphatic imine (C=N–C) groups is 1. The molecular formula is C15H27N5. The Morgan fingerprint density at radius 3 is 2.75 bits per heavy atom. The molecule has 0 atom stereocenters. The fourth-order valence-corrected chi connectivity index (χ4v) is 1.80. The van der Waals surface area contributed by atoms with Crippen LogP contribution in [0.1, 0.15) is 31.7 Å². The lowest BCUT2D eigenvalue weighted by Crippen LogP contribution is -2.37. The molecule has 0 saturated heterocycles. The molecule has 0 unspecified atom stereocenters. The molecule has 1 heterocycles. The van der Waals surface area contributed by atoms with E-state index in [1.165, 1.54) is 24.8 Å². The van der Waals surface area contributed by atoms with Crippen LogP contribution in [0.4, 0.5) is 5.82 Å². The Morgan fingerprint density at radius 2 is 2.10 bits per heavy atom. The number of unbranched alkanes of at least 4 members (excludes halogenated alkanes) is 2. The molecule has 1 rings (SSSR count). The van der Waals surface area contributed by atoms with Gasteiger partial charge in [0.15, 0.2) is 5.96 Å². The summed E-state index contributed by atoms with van der Waals surface area (Å²) in [5.74, 6) is 1.82. The fourth-order valence-electron chi connectivity index (χ4n) is 1.80. The average Bonchev–Trinajstić information content (AvgIpc) is 2.47. The van der Waals surface area contributed by atoms with Crippen LogP contribution in [0.2, 0.25) is 0 Å². The summed E-state index contributed by atoms with van der Waals surface area (Å²) in [6.07, 6.45) is 5.50. The second kappa shape index (κ2) is 9.18. The minimum atomic E-state index is 0.747. The number of nitrogens with zero attached hydrogens (tertiary/aromatic N) is 3. The van der Waals surface area contributed by atoms with Crippen LogP contribution in [0.5, 0.6) is 0 Å². The van der Waals surface area contributed by atoms with Gasteiger partial charge in [-0.05, 0) is 24.1 Å². The van der Waals surface area contributed by atoms with E-state index in [9.17, 15) is 0 Å². The van der Waals surface area contributed by atoms with E-state index in [-0.39, 0.29) is 0 Å². The van der Waals surface area contributed by atoms with Crippen molar-refractivity contribution in [1.29, 1.82) is 0 Å². The van der Waals surface area contributed by atoms with E-state index in [1.54, 1.807) is 7.05 Å². The molecule has 0 spiro atoms. The van der Waals surface area contributed by atoms with Crippen molar-refractivity contribution in [3.63, 3.8) is 0 Å². The number of nitrogens with one attached hydrogen (secondary N) is 2. The number of aromatic nitrogens is 1. The molecule has 0 bridgehead atoms. The molecule has 2 N–H and O–H groups in total. The molecule has 0 saturated carbocycles. The van der Waals surface area contributed by atoms with Gasteiger partial charge in [-0.2, -0.15) is 0 Å². The molecule has 5 nitrogen and oxygen atoms in total. The van der Waals surface area contributed by atoms with Gasteiger partial charge < -0.3 is 15.5 Å². The zero-order valence-corrected chi connectivity index (χ0v) is 13.1. The van der Waals surface area contributed by atoms with Crippen molar-refractivity contribution < 1.29 is 0 Å². The van der Waals surface area contributed by atoms with Gasteiger partial charge in [0.2, 0.25) is 0 Å². The normalized spacial score (nSPS) is 11.3. The van der Waals surface area contributed by atoms with Gasteiger partial charge in [-0.3, -0.25) is 4.99 Å². The molecule has 0 aromatic carbocycles. The van der Waals surface area contributed by atoms with E-state index in [1.807, 2.05) is 31.3 Å². The first kappa shape index (κ1) is 16.3. The van der Waals surface area contributed by atoms with Crippen molar-refractivity contribution in [3.05, 3.63) is 23.9 Å². The largest absolute Gasteiger partial charge is 0.363 e. The highest BCUT2D eigenvalue weighted by Crippen LogP contribution is 2.09. The maximum Gasteiger partial charge on any atom is 0.191 e. The molecule has 0 aliphatic heterocycles. The number of hydrogen-bond acceptors (Lipinski definition) is 3. The highest BCUT2D eigenvalue weighted by Gasteiger charge is 2.01. The van der Waals surface area contributed by atoms with Gasteiger partial charge in [0, 0.05) is 40.4 Å². The minimum absolute atomic E-state index is 0.747. The third-order valence-electron chi connectivity index (χ3n) is 3.02. The van der Waals surface area contributed by atoms with E-state index in [0.29, 0.717) is 0 Å². The summed E-state index contributed by atoms with van der Waals surface area (Å²) in [5.41, 5.74) is 1.19. The van der Waals surface area contributed by atoms with Crippen molar-refractivity contribution in [2.75, 3.05) is 32.6 Å². The van der Waals surface area contributed by atoms with E-state index in [4.69, 9.17) is 0 Å². The second-order valence-electron chi connectivity index (χ2n) is 4.98. The van der Waals surface area contributed by atoms with Gasteiger partial charge in [0.05, 0.1) is 0 Å². The van der Waals surface area contributed by atoms with Crippen LogP contribution >= 0.6 is 0 Å². The molecule has 20 heavy (non-hydrogen) atoms. The summed E-state index contributed by atoms with van der Waals surface area (Å²) in [7, 11) is 5.79. The molecule has 0 radical (unpaired) electrons. The quantitative estimate of drug-likeness (QED) is 0.455. The molecule has 112 valence electrons. The third-order valence-corrected chi connectivity index (χ3v) is 3.02. The maximum atomic E-state index is 4.31. The first-order chi connectivity index (χ1) is 9.67. The highest BCUT2D eigenvalue weighted by atomic mass is 15.2. The van der Waals surface area contributed by atoms with E-state index in [0.717, 1.165) is 24.9 Å². The number of anilines is 1. The van der Waals surface area contributed by atoms with Gasteiger partial charge in [0.1, 0.15) is 5.82 Å². The molecule has 0 aliphatic carbocycles. The summed E-state index contributed by atoms with van der Waals surface area (Å²) < 4.78 is 0. The Morgan fingerprint density at radius 1 is 1.30 bits per heavy atom. The van der Waals surface area contributed by atoms with Crippen LogP contribution in [-0.4, -0.2) is 38.6 Å². The number of pyridine rings is 1. The Balaban J connectivity index is 2.42. The Hall–Kier alpha value is -1.78. The van der Waals surface area contributed by atoms with Crippen LogP contribution in [0.15, 0.2) is 23.3 Å². The molecule has 1 aromatic heterocycles. The van der Waals surface area contributed by atoms with Gasteiger partial charge in [-0.15, -0.1) is 0 Å².